The van der Waals surface area contributed by atoms with Gasteiger partial charge in [0.25, 0.3) is 0 Å². The van der Waals surface area contributed by atoms with Gasteiger partial charge in [0, 0.05) is 25.2 Å². The van der Waals surface area contributed by atoms with E-state index in [9.17, 15) is 9.90 Å². The zero-order valence-electron chi connectivity index (χ0n) is 21.5. The summed E-state index contributed by atoms with van der Waals surface area (Å²) in [6, 6.07) is 0. The first kappa shape index (κ1) is 24.3. The number of ether oxygens (including phenoxy) is 1. The Hall–Kier alpha value is -0.830. The van der Waals surface area contributed by atoms with E-state index in [2.05, 4.69) is 40.7 Å². The predicted molar refractivity (Wildman–Crippen MR) is 130 cm³/mol. The minimum Gasteiger partial charge on any atom is -0.462 e. The van der Waals surface area contributed by atoms with E-state index >= 15 is 0 Å². The number of aliphatic hydroxyl groups is 1. The molecule has 1 N–H and O–H groups in total. The molecule has 0 heterocycles. The lowest BCUT2D eigenvalue weighted by molar-refractivity contribution is -0.154. The summed E-state index contributed by atoms with van der Waals surface area (Å²) in [6.07, 6.45) is 13.9. The van der Waals surface area contributed by atoms with Crippen molar-refractivity contribution in [2.75, 3.05) is 0 Å². The van der Waals surface area contributed by atoms with Crippen LogP contribution in [0, 0.1) is 46.3 Å². The molecule has 0 saturated heterocycles. The Bertz CT molecular complexity index is 726. The van der Waals surface area contributed by atoms with Crippen LogP contribution in [0.25, 0.3) is 0 Å². The molecule has 0 aliphatic heterocycles. The minimum atomic E-state index is -0.406. The molecule has 4 rings (SSSR count). The number of esters is 1. The van der Waals surface area contributed by atoms with Crippen molar-refractivity contribution in [2.45, 2.75) is 118 Å². The molecule has 4 aliphatic carbocycles. The summed E-state index contributed by atoms with van der Waals surface area (Å²) in [7, 11) is 0. The normalized spacial score (nSPS) is 44.3. The highest BCUT2D eigenvalue weighted by molar-refractivity contribution is 5.66. The zero-order chi connectivity index (χ0) is 23.3. The van der Waals surface area contributed by atoms with Crippen molar-refractivity contribution in [1.29, 1.82) is 0 Å². The second kappa shape index (κ2) is 9.08. The summed E-state index contributed by atoms with van der Waals surface area (Å²) in [5.41, 5.74) is 1.70. The predicted octanol–water partition coefficient (Wildman–Crippen LogP) is 6.93. The maximum Gasteiger partial charge on any atom is 0.302 e. The van der Waals surface area contributed by atoms with Gasteiger partial charge in [-0.2, -0.15) is 0 Å². The Morgan fingerprint density at radius 2 is 1.91 bits per heavy atom. The maximum atomic E-state index is 11.5. The fourth-order valence-electron chi connectivity index (χ4n) is 9.03. The van der Waals surface area contributed by atoms with Crippen molar-refractivity contribution in [1.82, 2.24) is 0 Å². The Morgan fingerprint density at radius 3 is 2.59 bits per heavy atom. The molecule has 0 aromatic rings. The summed E-state index contributed by atoms with van der Waals surface area (Å²) < 4.78 is 5.52. The van der Waals surface area contributed by atoms with Crippen molar-refractivity contribution in [3.05, 3.63) is 11.6 Å². The SMILES string of the molecule is CC(=O)O[C@@H]1CC2=CC[C@H]3[C@@H]4CC[C@H]([C@H](C)CCCC(C)C)[C@@]4(C)CC[C@@H]3[C@@]2(C)[C@H](O)C1. The largest absolute Gasteiger partial charge is 0.462 e. The van der Waals surface area contributed by atoms with Gasteiger partial charge in [0.2, 0.25) is 0 Å². The molecule has 3 saturated carbocycles. The van der Waals surface area contributed by atoms with Crippen molar-refractivity contribution in [3.8, 4) is 0 Å². The molecule has 0 aromatic heterocycles. The molecule has 0 spiro atoms. The van der Waals surface area contributed by atoms with E-state index in [-0.39, 0.29) is 17.5 Å². The molecular formula is C29H48O3. The van der Waals surface area contributed by atoms with Crippen LogP contribution in [0.1, 0.15) is 106 Å². The van der Waals surface area contributed by atoms with Crippen LogP contribution in [0.5, 0.6) is 0 Å². The Morgan fingerprint density at radius 1 is 1.16 bits per heavy atom. The third-order valence-corrected chi connectivity index (χ3v) is 10.7. The third-order valence-electron chi connectivity index (χ3n) is 10.7. The van der Waals surface area contributed by atoms with Gasteiger partial charge in [-0.1, -0.05) is 65.5 Å². The van der Waals surface area contributed by atoms with Crippen molar-refractivity contribution < 1.29 is 14.6 Å². The number of carbonyl (C=O) groups excluding carboxylic acids is 1. The molecule has 32 heavy (non-hydrogen) atoms. The van der Waals surface area contributed by atoms with E-state index < -0.39 is 6.10 Å². The van der Waals surface area contributed by atoms with E-state index in [1.54, 1.807) is 0 Å². The van der Waals surface area contributed by atoms with E-state index in [1.165, 1.54) is 57.4 Å². The molecule has 0 unspecified atom stereocenters. The van der Waals surface area contributed by atoms with Crippen LogP contribution in [0.4, 0.5) is 0 Å². The smallest absolute Gasteiger partial charge is 0.302 e. The number of rotatable bonds is 6. The van der Waals surface area contributed by atoms with E-state index in [0.717, 1.165) is 36.5 Å². The molecule has 0 bridgehead atoms. The molecule has 4 aliphatic rings. The lowest BCUT2D eigenvalue weighted by atomic mass is 9.46. The van der Waals surface area contributed by atoms with E-state index in [4.69, 9.17) is 4.74 Å². The van der Waals surface area contributed by atoms with Gasteiger partial charge < -0.3 is 9.84 Å². The van der Waals surface area contributed by atoms with Gasteiger partial charge in [-0.25, -0.2) is 0 Å². The Kier molecular flexibility index (Phi) is 6.90. The highest BCUT2D eigenvalue weighted by atomic mass is 16.5. The van der Waals surface area contributed by atoms with E-state index in [1.807, 2.05) is 0 Å². The first-order valence-corrected chi connectivity index (χ1v) is 13.6. The van der Waals surface area contributed by atoms with Gasteiger partial charge in [0.05, 0.1) is 6.10 Å². The quantitative estimate of drug-likeness (QED) is 0.357. The van der Waals surface area contributed by atoms with Gasteiger partial charge in [-0.3, -0.25) is 4.79 Å². The monoisotopic (exact) mass is 444 g/mol. The van der Waals surface area contributed by atoms with Gasteiger partial charge in [-0.15, -0.1) is 0 Å². The second-order valence-electron chi connectivity index (χ2n) is 12.8. The number of hydrogen-bond acceptors (Lipinski definition) is 3. The molecule has 182 valence electrons. The topological polar surface area (TPSA) is 46.5 Å². The van der Waals surface area contributed by atoms with Crippen molar-refractivity contribution >= 4 is 5.97 Å². The van der Waals surface area contributed by atoms with Crippen LogP contribution < -0.4 is 0 Å². The zero-order valence-corrected chi connectivity index (χ0v) is 21.5. The Labute approximate surface area is 196 Å². The highest BCUT2D eigenvalue weighted by Crippen LogP contribution is 2.67. The fraction of sp³-hybridized carbons (Fsp3) is 0.897. The molecule has 9 atom stereocenters. The van der Waals surface area contributed by atoms with Gasteiger partial charge >= 0.3 is 5.97 Å². The van der Waals surface area contributed by atoms with Crippen LogP contribution in [0.2, 0.25) is 0 Å². The molecule has 0 amide bonds. The van der Waals surface area contributed by atoms with Crippen LogP contribution in [-0.2, 0) is 9.53 Å². The number of carbonyl (C=O) groups is 1. The molecule has 0 radical (unpaired) electrons. The van der Waals surface area contributed by atoms with Crippen molar-refractivity contribution in [2.24, 2.45) is 46.3 Å². The second-order valence-corrected chi connectivity index (χ2v) is 12.8. The molecule has 3 fully saturated rings. The summed E-state index contributed by atoms with van der Waals surface area (Å²) >= 11 is 0. The summed E-state index contributed by atoms with van der Waals surface area (Å²) in [4.78, 5) is 11.5. The van der Waals surface area contributed by atoms with Gasteiger partial charge in [-0.05, 0) is 73.0 Å². The average Bonchev–Trinajstić information content (AvgIpc) is 3.05. The Balaban J connectivity index is 1.50. The maximum absolute atomic E-state index is 11.5. The van der Waals surface area contributed by atoms with Crippen LogP contribution >= 0.6 is 0 Å². The third kappa shape index (κ3) is 4.10. The summed E-state index contributed by atoms with van der Waals surface area (Å²) in [6.45, 7) is 13.7. The minimum absolute atomic E-state index is 0.137. The summed E-state index contributed by atoms with van der Waals surface area (Å²) in [5.74, 6) is 4.36. The first-order chi connectivity index (χ1) is 15.1. The standard InChI is InChI=1S/C29H48O3/c1-18(2)8-7-9-19(3)24-12-13-25-23-11-10-21-16-22(32-20(4)30)17-27(31)29(21,6)26(23)14-15-28(24,25)5/h10,18-19,22-27,31H,7-9,11-17H2,1-6H3/t19-,22-,23+,24-,25+,26+,27-,28-,29+/m1/s1. The molecule has 0 aromatic carbocycles. The van der Waals surface area contributed by atoms with Crippen LogP contribution in [0.15, 0.2) is 11.6 Å². The molecule has 3 heteroatoms. The van der Waals surface area contributed by atoms with Crippen LogP contribution in [-0.4, -0.2) is 23.3 Å². The van der Waals surface area contributed by atoms with Gasteiger partial charge in [0.1, 0.15) is 6.10 Å². The number of hydrogen-bond donors (Lipinski definition) is 1. The number of fused-ring (bicyclic) bond motifs is 5. The first-order valence-electron chi connectivity index (χ1n) is 13.6. The average molecular weight is 445 g/mol. The lowest BCUT2D eigenvalue weighted by Gasteiger charge is -2.59. The number of allylic oxidation sites excluding steroid dienone is 1. The molecular weight excluding hydrogens is 396 g/mol. The fourth-order valence-corrected chi connectivity index (χ4v) is 9.03. The van der Waals surface area contributed by atoms with Gasteiger partial charge in [0.15, 0.2) is 0 Å². The van der Waals surface area contributed by atoms with Crippen LogP contribution in [0.3, 0.4) is 0 Å². The highest BCUT2D eigenvalue weighted by Gasteiger charge is 2.61. The van der Waals surface area contributed by atoms with E-state index in [0.29, 0.717) is 23.7 Å². The van der Waals surface area contributed by atoms with Crippen molar-refractivity contribution in [3.63, 3.8) is 0 Å². The lowest BCUT2D eigenvalue weighted by Crippen LogP contribution is -2.56. The summed E-state index contributed by atoms with van der Waals surface area (Å²) in [5, 5.41) is 11.3. The molecule has 3 nitrogen and oxygen atoms in total. The number of aliphatic hydroxyl groups excluding tert-OH is 1.